The third kappa shape index (κ3) is 3.79. The monoisotopic (exact) mass is 257 g/mol. The second-order valence-electron chi connectivity index (χ2n) is 4.08. The van der Waals surface area contributed by atoms with Gasteiger partial charge in [-0.05, 0) is 46.0 Å². The van der Waals surface area contributed by atoms with Crippen molar-refractivity contribution in [1.82, 2.24) is 5.32 Å². The molecule has 0 bridgehead atoms. The highest BCUT2D eigenvalue weighted by Crippen LogP contribution is 2.36. The van der Waals surface area contributed by atoms with Gasteiger partial charge in [0, 0.05) is 10.6 Å². The maximum atomic E-state index is 6.21. The Morgan fingerprint density at radius 1 is 1.35 bits per heavy atom. The Morgan fingerprint density at radius 3 is 2.59 bits per heavy atom. The van der Waals surface area contributed by atoms with E-state index >= 15 is 0 Å². The zero-order chi connectivity index (χ0) is 12.8. The lowest BCUT2D eigenvalue weighted by Crippen LogP contribution is -2.14. The van der Waals surface area contributed by atoms with E-state index in [1.165, 1.54) is 0 Å². The van der Waals surface area contributed by atoms with Gasteiger partial charge in [0.15, 0.2) is 11.5 Å². The van der Waals surface area contributed by atoms with Gasteiger partial charge in [-0.25, -0.2) is 0 Å². The second kappa shape index (κ2) is 6.72. The Hall–Kier alpha value is -0.930. The van der Waals surface area contributed by atoms with Crippen molar-refractivity contribution in [2.45, 2.75) is 26.4 Å². The number of hydrogen-bond acceptors (Lipinski definition) is 3. The summed E-state index contributed by atoms with van der Waals surface area (Å²) in [5.74, 6) is 1.49. The third-order valence-corrected chi connectivity index (χ3v) is 2.72. The smallest absolute Gasteiger partial charge is 0.166 e. The molecule has 0 radical (unpaired) electrons. The van der Waals surface area contributed by atoms with Gasteiger partial charge in [0.1, 0.15) is 0 Å². The lowest BCUT2D eigenvalue weighted by molar-refractivity contribution is 0.227. The highest BCUT2D eigenvalue weighted by atomic mass is 35.5. The number of benzene rings is 1. The molecule has 1 aromatic rings. The highest BCUT2D eigenvalue weighted by molar-refractivity contribution is 6.31. The van der Waals surface area contributed by atoms with E-state index in [0.717, 1.165) is 35.1 Å². The number of halogens is 1. The molecule has 0 aliphatic heterocycles. The number of hydrogen-bond donors (Lipinski definition) is 1. The molecule has 0 aromatic heterocycles. The summed E-state index contributed by atoms with van der Waals surface area (Å²) in [6.45, 7) is 4.83. The minimum atomic E-state index is 0.0932. The fourth-order valence-electron chi connectivity index (χ4n) is 1.59. The molecule has 1 aromatic carbocycles. The van der Waals surface area contributed by atoms with Gasteiger partial charge in [-0.3, -0.25) is 0 Å². The van der Waals surface area contributed by atoms with Crippen molar-refractivity contribution >= 4 is 11.6 Å². The molecule has 0 fully saturated rings. The summed E-state index contributed by atoms with van der Waals surface area (Å²) in [5, 5.41) is 3.83. The van der Waals surface area contributed by atoms with E-state index in [1.807, 2.05) is 33.0 Å². The Balaban J connectivity index is 3.11. The molecular weight excluding hydrogens is 238 g/mol. The maximum absolute atomic E-state index is 6.21. The minimum Gasteiger partial charge on any atom is -0.493 e. The van der Waals surface area contributed by atoms with E-state index in [-0.39, 0.29) is 6.10 Å². The summed E-state index contributed by atoms with van der Waals surface area (Å²) in [6, 6.07) is 3.68. The van der Waals surface area contributed by atoms with Crippen molar-refractivity contribution in [2.75, 3.05) is 20.7 Å². The molecule has 0 aliphatic rings. The molecule has 17 heavy (non-hydrogen) atoms. The zero-order valence-corrected chi connectivity index (χ0v) is 11.6. The van der Waals surface area contributed by atoms with Crippen LogP contribution in [0.1, 0.15) is 19.4 Å². The number of ether oxygens (including phenoxy) is 2. The summed E-state index contributed by atoms with van der Waals surface area (Å²) >= 11 is 6.21. The number of rotatable bonds is 6. The lowest BCUT2D eigenvalue weighted by Gasteiger charge is -2.18. The molecule has 0 atom stereocenters. The average molecular weight is 258 g/mol. The molecule has 0 saturated carbocycles. The zero-order valence-electron chi connectivity index (χ0n) is 10.8. The third-order valence-electron chi connectivity index (χ3n) is 2.37. The van der Waals surface area contributed by atoms with Crippen LogP contribution in [-0.4, -0.2) is 26.8 Å². The molecule has 0 unspecified atom stereocenters. The van der Waals surface area contributed by atoms with Crippen LogP contribution < -0.4 is 14.8 Å². The Bertz CT molecular complexity index is 367. The predicted octanol–water partition coefficient (Wildman–Crippen LogP) is 2.90. The van der Waals surface area contributed by atoms with Gasteiger partial charge in [-0.2, -0.15) is 0 Å². The fraction of sp³-hybridized carbons (Fsp3) is 0.538. The van der Waals surface area contributed by atoms with Crippen LogP contribution in [0.3, 0.4) is 0 Å². The Morgan fingerprint density at radius 2 is 2.06 bits per heavy atom. The van der Waals surface area contributed by atoms with Crippen molar-refractivity contribution < 1.29 is 9.47 Å². The number of nitrogens with one attached hydrogen (secondary N) is 1. The van der Waals surface area contributed by atoms with Crippen molar-refractivity contribution in [1.29, 1.82) is 0 Å². The largest absolute Gasteiger partial charge is 0.493 e. The first-order chi connectivity index (χ1) is 8.10. The number of likely N-dealkylation sites (N-methyl/N-ethyl adjacent to an activating group) is 1. The lowest BCUT2D eigenvalue weighted by atomic mass is 10.1. The molecule has 96 valence electrons. The van der Waals surface area contributed by atoms with Crippen molar-refractivity contribution in [3.05, 3.63) is 22.7 Å². The van der Waals surface area contributed by atoms with Crippen molar-refractivity contribution in [2.24, 2.45) is 0 Å². The molecule has 0 amide bonds. The van der Waals surface area contributed by atoms with Crippen molar-refractivity contribution in [3.8, 4) is 11.5 Å². The first-order valence-electron chi connectivity index (χ1n) is 5.76. The highest BCUT2D eigenvalue weighted by Gasteiger charge is 2.15. The van der Waals surface area contributed by atoms with Crippen LogP contribution in [0.15, 0.2) is 12.1 Å². The number of methoxy groups -OCH3 is 1. The van der Waals surface area contributed by atoms with E-state index in [4.69, 9.17) is 21.1 Å². The van der Waals surface area contributed by atoms with E-state index in [0.29, 0.717) is 0 Å². The minimum absolute atomic E-state index is 0.0932. The van der Waals surface area contributed by atoms with Gasteiger partial charge < -0.3 is 14.8 Å². The Labute approximate surface area is 108 Å². The summed E-state index contributed by atoms with van der Waals surface area (Å²) in [4.78, 5) is 0. The van der Waals surface area contributed by atoms with Crippen molar-refractivity contribution in [3.63, 3.8) is 0 Å². The average Bonchev–Trinajstić information content (AvgIpc) is 2.28. The van der Waals surface area contributed by atoms with E-state index in [2.05, 4.69) is 5.32 Å². The molecule has 0 heterocycles. The summed E-state index contributed by atoms with van der Waals surface area (Å²) in [5.41, 5.74) is 0.995. The van der Waals surface area contributed by atoms with Crippen LogP contribution in [-0.2, 0) is 6.42 Å². The van der Waals surface area contributed by atoms with Gasteiger partial charge in [0.05, 0.1) is 13.2 Å². The van der Waals surface area contributed by atoms with Gasteiger partial charge >= 0.3 is 0 Å². The fourth-order valence-corrected chi connectivity index (χ4v) is 1.83. The maximum Gasteiger partial charge on any atom is 0.166 e. The van der Waals surface area contributed by atoms with Crippen LogP contribution in [0, 0.1) is 0 Å². The van der Waals surface area contributed by atoms with Crippen LogP contribution in [0.2, 0.25) is 5.02 Å². The normalized spacial score (nSPS) is 10.7. The van der Waals surface area contributed by atoms with E-state index in [9.17, 15) is 0 Å². The topological polar surface area (TPSA) is 30.5 Å². The van der Waals surface area contributed by atoms with Gasteiger partial charge in [-0.15, -0.1) is 0 Å². The molecular formula is C13H20ClNO2. The van der Waals surface area contributed by atoms with Crippen LogP contribution in [0.5, 0.6) is 11.5 Å². The molecule has 0 spiro atoms. The van der Waals surface area contributed by atoms with Crippen LogP contribution in [0.25, 0.3) is 0 Å². The summed E-state index contributed by atoms with van der Waals surface area (Å²) in [6.07, 6.45) is 0.907. The molecule has 0 aliphatic carbocycles. The van der Waals surface area contributed by atoms with E-state index in [1.54, 1.807) is 7.11 Å². The quantitative estimate of drug-likeness (QED) is 0.850. The molecule has 4 heteroatoms. The van der Waals surface area contributed by atoms with Crippen LogP contribution in [0.4, 0.5) is 0 Å². The predicted molar refractivity (Wildman–Crippen MR) is 71.4 cm³/mol. The summed E-state index contributed by atoms with van der Waals surface area (Å²) in [7, 11) is 3.55. The Kier molecular flexibility index (Phi) is 5.59. The first-order valence-corrected chi connectivity index (χ1v) is 6.14. The summed E-state index contributed by atoms with van der Waals surface area (Å²) < 4.78 is 11.1. The van der Waals surface area contributed by atoms with Gasteiger partial charge in [0.2, 0.25) is 0 Å². The molecule has 1 rings (SSSR count). The van der Waals surface area contributed by atoms with E-state index < -0.39 is 0 Å². The second-order valence-corrected chi connectivity index (χ2v) is 4.48. The van der Waals surface area contributed by atoms with Crippen LogP contribution >= 0.6 is 11.6 Å². The SMILES string of the molecule is CNCCc1c(Cl)ccc(OC)c1OC(C)C. The van der Waals surface area contributed by atoms with Gasteiger partial charge in [0.25, 0.3) is 0 Å². The standard InChI is InChI=1S/C13H20ClNO2/c1-9(2)17-13-10(7-8-15-3)11(14)5-6-12(13)16-4/h5-6,9,15H,7-8H2,1-4H3. The first kappa shape index (κ1) is 14.1. The molecule has 0 saturated heterocycles. The molecule has 3 nitrogen and oxygen atoms in total. The molecule has 1 N–H and O–H groups in total. The van der Waals surface area contributed by atoms with Gasteiger partial charge in [-0.1, -0.05) is 11.6 Å².